The minimum atomic E-state index is -0.766. The number of carbonyl (C=O) groups excluding carboxylic acids is 2. The van der Waals surface area contributed by atoms with Gasteiger partial charge in [0.2, 0.25) is 5.78 Å². The van der Waals surface area contributed by atoms with Crippen LogP contribution in [-0.2, 0) is 17.9 Å². The molecule has 0 unspecified atom stereocenters. The van der Waals surface area contributed by atoms with Crippen molar-refractivity contribution in [2.75, 3.05) is 0 Å². The van der Waals surface area contributed by atoms with Gasteiger partial charge >= 0.3 is 0 Å². The number of nitrogens with zero attached hydrogens (tertiary/aromatic N) is 2. The molecule has 1 N–H and O–H groups in total. The normalized spacial score (nSPS) is 15.5. The number of carbonyl (C=O) groups is 2. The van der Waals surface area contributed by atoms with Gasteiger partial charge in [0, 0.05) is 18.9 Å². The van der Waals surface area contributed by atoms with Crippen LogP contribution in [0.3, 0.4) is 0 Å². The first-order valence-electron chi connectivity index (χ1n) is 11.1. The van der Waals surface area contributed by atoms with Gasteiger partial charge in [-0.2, -0.15) is 0 Å². The summed E-state index contributed by atoms with van der Waals surface area (Å²) in [5, 5.41) is 12.6. The highest BCUT2D eigenvalue weighted by Gasteiger charge is 2.44. The van der Waals surface area contributed by atoms with E-state index in [1.807, 2.05) is 60.7 Å². The summed E-state index contributed by atoms with van der Waals surface area (Å²) in [7, 11) is 0. The SMILES string of the molecule is O=C(C1=C(O)C(=O)N(Cc2cccnc2)[C@@H]1c1cccc(OCc2ccccc2)c1)c1cccs1. The molecular formula is C28H22N2O4S. The summed E-state index contributed by atoms with van der Waals surface area (Å²) < 4.78 is 5.99. The molecule has 6 nitrogen and oxygen atoms in total. The van der Waals surface area contributed by atoms with E-state index in [-0.39, 0.29) is 17.9 Å². The molecule has 1 aliphatic heterocycles. The van der Waals surface area contributed by atoms with Crippen molar-refractivity contribution in [2.24, 2.45) is 0 Å². The van der Waals surface area contributed by atoms with Crippen LogP contribution in [-0.4, -0.2) is 26.7 Å². The summed E-state index contributed by atoms with van der Waals surface area (Å²) >= 11 is 1.27. The number of aromatic nitrogens is 1. The molecule has 174 valence electrons. The number of aliphatic hydroxyl groups is 1. The number of ketones is 1. The van der Waals surface area contributed by atoms with Crippen molar-refractivity contribution in [3.05, 3.63) is 130 Å². The molecule has 0 aliphatic carbocycles. The number of pyridine rings is 1. The van der Waals surface area contributed by atoms with E-state index < -0.39 is 17.7 Å². The molecule has 3 heterocycles. The lowest BCUT2D eigenvalue weighted by molar-refractivity contribution is -0.130. The van der Waals surface area contributed by atoms with Crippen LogP contribution in [0.1, 0.15) is 32.4 Å². The van der Waals surface area contributed by atoms with Crippen LogP contribution in [0.4, 0.5) is 0 Å². The van der Waals surface area contributed by atoms with Gasteiger partial charge in [0.05, 0.1) is 16.5 Å². The van der Waals surface area contributed by atoms with Crippen molar-refractivity contribution in [1.82, 2.24) is 9.88 Å². The van der Waals surface area contributed by atoms with Crippen LogP contribution in [0.5, 0.6) is 5.75 Å². The molecule has 0 bridgehead atoms. The number of rotatable bonds is 8. The van der Waals surface area contributed by atoms with E-state index in [9.17, 15) is 14.7 Å². The van der Waals surface area contributed by atoms with Gasteiger partial charge in [0.1, 0.15) is 12.4 Å². The van der Waals surface area contributed by atoms with E-state index in [1.54, 1.807) is 36.0 Å². The zero-order valence-corrected chi connectivity index (χ0v) is 19.5. The zero-order chi connectivity index (χ0) is 24.2. The first-order valence-corrected chi connectivity index (χ1v) is 12.0. The second kappa shape index (κ2) is 9.95. The average Bonchev–Trinajstić information content (AvgIpc) is 3.52. The summed E-state index contributed by atoms with van der Waals surface area (Å²) in [5.74, 6) is -0.864. The summed E-state index contributed by atoms with van der Waals surface area (Å²) in [6, 6.07) is 23.5. The van der Waals surface area contributed by atoms with Crippen LogP contribution in [0, 0.1) is 0 Å². The Morgan fingerprint density at radius 1 is 1.00 bits per heavy atom. The summed E-state index contributed by atoms with van der Waals surface area (Å²) in [6.45, 7) is 0.576. The van der Waals surface area contributed by atoms with E-state index in [0.717, 1.165) is 11.1 Å². The highest BCUT2D eigenvalue weighted by atomic mass is 32.1. The number of ether oxygens (including phenoxy) is 1. The largest absolute Gasteiger partial charge is 0.503 e. The molecule has 0 radical (unpaired) electrons. The topological polar surface area (TPSA) is 79.7 Å². The van der Waals surface area contributed by atoms with Crippen LogP contribution >= 0.6 is 11.3 Å². The molecule has 7 heteroatoms. The van der Waals surface area contributed by atoms with Gasteiger partial charge in [0.15, 0.2) is 5.76 Å². The van der Waals surface area contributed by atoms with Crippen LogP contribution in [0.15, 0.2) is 108 Å². The predicted molar refractivity (Wildman–Crippen MR) is 133 cm³/mol. The molecule has 2 aromatic heterocycles. The first kappa shape index (κ1) is 22.6. The Kier molecular flexibility index (Phi) is 6.41. The highest BCUT2D eigenvalue weighted by Crippen LogP contribution is 2.41. The zero-order valence-electron chi connectivity index (χ0n) is 18.7. The summed E-state index contributed by atoms with van der Waals surface area (Å²) in [4.78, 5) is 32.7. The molecular weight excluding hydrogens is 460 g/mol. The van der Waals surface area contributed by atoms with Gasteiger partial charge in [-0.3, -0.25) is 14.6 Å². The van der Waals surface area contributed by atoms with Crippen molar-refractivity contribution in [1.29, 1.82) is 0 Å². The molecule has 0 saturated carbocycles. The van der Waals surface area contributed by atoms with Gasteiger partial charge in [-0.1, -0.05) is 54.6 Å². The maximum Gasteiger partial charge on any atom is 0.290 e. The third kappa shape index (κ3) is 4.72. The molecule has 1 aliphatic rings. The number of aliphatic hydroxyl groups excluding tert-OH is 1. The number of thiophene rings is 1. The lowest BCUT2D eigenvalue weighted by Crippen LogP contribution is -2.30. The van der Waals surface area contributed by atoms with E-state index in [0.29, 0.717) is 22.8 Å². The molecule has 0 fully saturated rings. The van der Waals surface area contributed by atoms with E-state index in [1.165, 1.54) is 16.2 Å². The minimum absolute atomic E-state index is 0.0709. The maximum absolute atomic E-state index is 13.4. The third-order valence-electron chi connectivity index (χ3n) is 5.79. The van der Waals surface area contributed by atoms with Crippen molar-refractivity contribution < 1.29 is 19.4 Å². The lowest BCUT2D eigenvalue weighted by Gasteiger charge is -2.27. The van der Waals surface area contributed by atoms with Gasteiger partial charge in [-0.25, -0.2) is 0 Å². The van der Waals surface area contributed by atoms with Crippen LogP contribution in [0.25, 0.3) is 0 Å². The number of amides is 1. The van der Waals surface area contributed by atoms with Gasteiger partial charge in [-0.15, -0.1) is 11.3 Å². The first-order chi connectivity index (χ1) is 17.1. The summed E-state index contributed by atoms with van der Waals surface area (Å²) in [5.41, 5.74) is 2.57. The van der Waals surface area contributed by atoms with Crippen molar-refractivity contribution in [3.63, 3.8) is 0 Å². The molecule has 0 saturated heterocycles. The van der Waals surface area contributed by atoms with Gasteiger partial charge in [0.25, 0.3) is 5.91 Å². The van der Waals surface area contributed by atoms with Gasteiger partial charge < -0.3 is 14.7 Å². The quantitative estimate of drug-likeness (QED) is 0.336. The van der Waals surface area contributed by atoms with E-state index >= 15 is 0 Å². The molecule has 2 aromatic carbocycles. The van der Waals surface area contributed by atoms with Crippen LogP contribution in [0.2, 0.25) is 0 Å². The average molecular weight is 483 g/mol. The fourth-order valence-corrected chi connectivity index (χ4v) is 4.82. The number of hydrogen-bond acceptors (Lipinski definition) is 6. The van der Waals surface area contributed by atoms with Gasteiger partial charge in [-0.05, 0) is 46.3 Å². The smallest absolute Gasteiger partial charge is 0.290 e. The Balaban J connectivity index is 1.51. The Labute approximate surface area is 206 Å². The van der Waals surface area contributed by atoms with Crippen LogP contribution < -0.4 is 4.74 Å². The number of benzene rings is 2. The standard InChI is InChI=1S/C28H22N2O4S/c31-26(23-12-6-14-35-23)24-25(30(28(33)27(24)32)17-20-9-5-13-29-16-20)21-10-4-11-22(15-21)34-18-19-7-2-1-3-8-19/h1-16,25,32H,17-18H2/t25-/m1/s1. The predicted octanol–water partition coefficient (Wildman–Crippen LogP) is 5.50. The van der Waals surface area contributed by atoms with E-state index in [2.05, 4.69) is 4.98 Å². The van der Waals surface area contributed by atoms with Crippen molar-refractivity contribution in [2.45, 2.75) is 19.2 Å². The Bertz CT molecular complexity index is 1370. The van der Waals surface area contributed by atoms with Crippen molar-refractivity contribution >= 4 is 23.0 Å². The molecule has 5 rings (SSSR count). The Hall–Kier alpha value is -4.23. The molecule has 1 atom stereocenters. The molecule has 1 amide bonds. The Morgan fingerprint density at radius 2 is 1.83 bits per heavy atom. The van der Waals surface area contributed by atoms with Crippen molar-refractivity contribution in [3.8, 4) is 5.75 Å². The highest BCUT2D eigenvalue weighted by molar-refractivity contribution is 7.12. The number of Topliss-reactive ketones (excluding diaryl/α,β-unsaturated/α-hetero) is 1. The second-order valence-electron chi connectivity index (χ2n) is 8.11. The summed E-state index contributed by atoms with van der Waals surface area (Å²) in [6.07, 6.45) is 3.32. The molecule has 4 aromatic rings. The minimum Gasteiger partial charge on any atom is -0.503 e. The molecule has 0 spiro atoms. The van der Waals surface area contributed by atoms with E-state index in [4.69, 9.17) is 4.74 Å². The second-order valence-corrected chi connectivity index (χ2v) is 9.06. The number of hydrogen-bond donors (Lipinski definition) is 1. The maximum atomic E-state index is 13.4. The molecule has 35 heavy (non-hydrogen) atoms. The monoisotopic (exact) mass is 482 g/mol. The Morgan fingerprint density at radius 3 is 2.57 bits per heavy atom. The fourth-order valence-electron chi connectivity index (χ4n) is 4.14. The third-order valence-corrected chi connectivity index (χ3v) is 6.66. The fraction of sp³-hybridized carbons (Fsp3) is 0.107. The lowest BCUT2D eigenvalue weighted by atomic mass is 9.95.